The highest BCUT2D eigenvalue weighted by Crippen LogP contribution is 2.22. The Labute approximate surface area is 81.4 Å². The van der Waals surface area contributed by atoms with Crippen LogP contribution in [0.2, 0.25) is 5.02 Å². The van der Waals surface area contributed by atoms with E-state index in [0.717, 1.165) is 0 Å². The molecule has 0 saturated heterocycles. The largest absolute Gasteiger partial charge is 0.383 e. The van der Waals surface area contributed by atoms with E-state index in [1.54, 1.807) is 13.2 Å². The summed E-state index contributed by atoms with van der Waals surface area (Å²) >= 11 is 5.78. The Morgan fingerprint density at radius 1 is 1.62 bits per heavy atom. The molecule has 0 radical (unpaired) electrons. The first kappa shape index (κ1) is 10.4. The van der Waals surface area contributed by atoms with Crippen molar-refractivity contribution in [3.63, 3.8) is 0 Å². The lowest BCUT2D eigenvalue weighted by molar-refractivity contribution is 0.181. The Hall–Kier alpha value is -0.640. The number of nitrogens with two attached hydrogens (primary N) is 1. The third kappa shape index (κ3) is 2.66. The topological polar surface area (TPSA) is 35.2 Å². The standard InChI is InChI=1S/C9H11ClFNO/c1-13-5-9(12)7-3-2-6(11)4-8(7)10/h2-4,9H,5,12H2,1H3/t9-/m0/s1. The summed E-state index contributed by atoms with van der Waals surface area (Å²) in [6, 6.07) is 3.84. The molecule has 0 saturated carbocycles. The molecule has 0 aliphatic carbocycles. The van der Waals surface area contributed by atoms with Crippen LogP contribution in [0.3, 0.4) is 0 Å². The van der Waals surface area contributed by atoms with Crippen LogP contribution >= 0.6 is 11.6 Å². The van der Waals surface area contributed by atoms with Crippen LogP contribution in [-0.4, -0.2) is 13.7 Å². The van der Waals surface area contributed by atoms with E-state index >= 15 is 0 Å². The van der Waals surface area contributed by atoms with Gasteiger partial charge in [-0.25, -0.2) is 4.39 Å². The first-order chi connectivity index (χ1) is 6.15. The Morgan fingerprint density at radius 2 is 2.31 bits per heavy atom. The second kappa shape index (κ2) is 4.56. The summed E-state index contributed by atoms with van der Waals surface area (Å²) in [5, 5.41) is 0.338. The molecule has 13 heavy (non-hydrogen) atoms. The predicted molar refractivity (Wildman–Crippen MR) is 50.2 cm³/mol. The minimum Gasteiger partial charge on any atom is -0.383 e. The molecule has 0 unspecified atom stereocenters. The van der Waals surface area contributed by atoms with Gasteiger partial charge in [0.2, 0.25) is 0 Å². The summed E-state index contributed by atoms with van der Waals surface area (Å²) in [6.45, 7) is 0.366. The Morgan fingerprint density at radius 3 is 2.85 bits per heavy atom. The first-order valence-electron chi connectivity index (χ1n) is 3.84. The van der Waals surface area contributed by atoms with Crippen molar-refractivity contribution in [1.29, 1.82) is 0 Å². The van der Waals surface area contributed by atoms with E-state index in [1.807, 2.05) is 0 Å². The van der Waals surface area contributed by atoms with E-state index in [-0.39, 0.29) is 11.9 Å². The van der Waals surface area contributed by atoms with E-state index in [9.17, 15) is 4.39 Å². The van der Waals surface area contributed by atoms with Crippen LogP contribution < -0.4 is 5.73 Å². The number of hydrogen-bond donors (Lipinski definition) is 1. The summed E-state index contributed by atoms with van der Waals surface area (Å²) in [5.74, 6) is -0.363. The van der Waals surface area contributed by atoms with Crippen molar-refractivity contribution in [1.82, 2.24) is 0 Å². The third-order valence-corrected chi connectivity index (χ3v) is 2.04. The van der Waals surface area contributed by atoms with Crippen molar-refractivity contribution in [3.8, 4) is 0 Å². The predicted octanol–water partition coefficient (Wildman–Crippen LogP) is 2.13. The number of hydrogen-bond acceptors (Lipinski definition) is 2. The van der Waals surface area contributed by atoms with Crippen LogP contribution in [0.25, 0.3) is 0 Å². The lowest BCUT2D eigenvalue weighted by atomic mass is 10.1. The van der Waals surface area contributed by atoms with Crippen LogP contribution in [0.15, 0.2) is 18.2 Å². The van der Waals surface area contributed by atoms with Crippen LogP contribution in [0.5, 0.6) is 0 Å². The molecule has 1 aromatic carbocycles. The zero-order valence-electron chi connectivity index (χ0n) is 7.26. The van der Waals surface area contributed by atoms with Crippen LogP contribution in [0, 0.1) is 5.82 Å². The van der Waals surface area contributed by atoms with Crippen molar-refractivity contribution in [2.24, 2.45) is 5.73 Å². The number of benzene rings is 1. The first-order valence-corrected chi connectivity index (χ1v) is 4.22. The molecule has 0 amide bonds. The minimum atomic E-state index is -0.363. The second-order valence-electron chi connectivity index (χ2n) is 2.73. The molecule has 0 aliphatic rings. The van der Waals surface area contributed by atoms with Gasteiger partial charge in [-0.15, -0.1) is 0 Å². The molecule has 2 nitrogen and oxygen atoms in total. The van der Waals surface area contributed by atoms with E-state index in [1.165, 1.54) is 12.1 Å². The fourth-order valence-electron chi connectivity index (χ4n) is 1.07. The number of methoxy groups -OCH3 is 1. The highest BCUT2D eigenvalue weighted by atomic mass is 35.5. The van der Waals surface area contributed by atoms with Gasteiger partial charge < -0.3 is 10.5 Å². The zero-order valence-corrected chi connectivity index (χ0v) is 8.01. The van der Waals surface area contributed by atoms with Gasteiger partial charge in [-0.1, -0.05) is 17.7 Å². The van der Waals surface area contributed by atoms with Crippen LogP contribution in [-0.2, 0) is 4.74 Å². The average molecular weight is 204 g/mol. The van der Waals surface area contributed by atoms with E-state index in [0.29, 0.717) is 17.2 Å². The molecular formula is C9H11ClFNO. The van der Waals surface area contributed by atoms with Gasteiger partial charge in [-0.05, 0) is 17.7 Å². The smallest absolute Gasteiger partial charge is 0.124 e. The molecule has 0 heterocycles. The fraction of sp³-hybridized carbons (Fsp3) is 0.333. The van der Waals surface area contributed by atoms with Crippen LogP contribution in [0.1, 0.15) is 11.6 Å². The van der Waals surface area contributed by atoms with Crippen molar-refractivity contribution in [3.05, 3.63) is 34.6 Å². The molecule has 2 N–H and O–H groups in total. The van der Waals surface area contributed by atoms with Gasteiger partial charge in [0.25, 0.3) is 0 Å². The highest BCUT2D eigenvalue weighted by Gasteiger charge is 2.09. The normalized spacial score (nSPS) is 12.9. The van der Waals surface area contributed by atoms with Gasteiger partial charge in [0.15, 0.2) is 0 Å². The van der Waals surface area contributed by atoms with Gasteiger partial charge in [-0.3, -0.25) is 0 Å². The maximum atomic E-state index is 12.6. The Bertz CT molecular complexity index is 293. The van der Waals surface area contributed by atoms with Gasteiger partial charge in [0.05, 0.1) is 12.6 Å². The molecule has 1 aromatic rings. The Balaban J connectivity index is 2.88. The molecule has 0 bridgehead atoms. The number of ether oxygens (including phenoxy) is 1. The van der Waals surface area contributed by atoms with E-state index in [2.05, 4.69) is 0 Å². The molecule has 0 fully saturated rings. The van der Waals surface area contributed by atoms with Crippen molar-refractivity contribution in [2.45, 2.75) is 6.04 Å². The molecule has 72 valence electrons. The van der Waals surface area contributed by atoms with Crippen molar-refractivity contribution in [2.75, 3.05) is 13.7 Å². The molecule has 0 spiro atoms. The van der Waals surface area contributed by atoms with Crippen LogP contribution in [0.4, 0.5) is 4.39 Å². The summed E-state index contributed by atoms with van der Waals surface area (Å²) in [4.78, 5) is 0. The fourth-order valence-corrected chi connectivity index (χ4v) is 1.38. The highest BCUT2D eigenvalue weighted by molar-refractivity contribution is 6.31. The monoisotopic (exact) mass is 203 g/mol. The molecule has 1 atom stereocenters. The molecule has 1 rings (SSSR count). The third-order valence-electron chi connectivity index (χ3n) is 1.71. The second-order valence-corrected chi connectivity index (χ2v) is 3.13. The van der Waals surface area contributed by atoms with Crippen molar-refractivity contribution < 1.29 is 9.13 Å². The van der Waals surface area contributed by atoms with E-state index in [4.69, 9.17) is 22.1 Å². The summed E-state index contributed by atoms with van der Waals surface area (Å²) in [6.07, 6.45) is 0. The van der Waals surface area contributed by atoms with Gasteiger partial charge in [-0.2, -0.15) is 0 Å². The molecule has 0 aromatic heterocycles. The van der Waals surface area contributed by atoms with Gasteiger partial charge in [0.1, 0.15) is 5.82 Å². The maximum Gasteiger partial charge on any atom is 0.124 e. The minimum absolute atomic E-state index is 0.307. The lowest BCUT2D eigenvalue weighted by Crippen LogP contribution is -2.16. The number of rotatable bonds is 3. The lowest BCUT2D eigenvalue weighted by Gasteiger charge is -2.12. The maximum absolute atomic E-state index is 12.6. The SMILES string of the molecule is COC[C@H](N)c1ccc(F)cc1Cl. The summed E-state index contributed by atoms with van der Waals surface area (Å²) in [5.41, 5.74) is 6.42. The van der Waals surface area contributed by atoms with Crippen molar-refractivity contribution >= 4 is 11.6 Å². The Kier molecular flexibility index (Phi) is 3.66. The quantitative estimate of drug-likeness (QED) is 0.817. The summed E-state index contributed by atoms with van der Waals surface area (Å²) < 4.78 is 17.5. The summed E-state index contributed by atoms with van der Waals surface area (Å²) in [7, 11) is 1.55. The van der Waals surface area contributed by atoms with E-state index < -0.39 is 0 Å². The zero-order chi connectivity index (χ0) is 9.84. The van der Waals surface area contributed by atoms with Gasteiger partial charge in [0, 0.05) is 12.1 Å². The molecular weight excluding hydrogens is 193 g/mol. The molecule has 0 aliphatic heterocycles. The number of halogens is 2. The average Bonchev–Trinajstić information content (AvgIpc) is 2.04. The van der Waals surface area contributed by atoms with Gasteiger partial charge >= 0.3 is 0 Å². The molecule has 4 heteroatoms.